The van der Waals surface area contributed by atoms with Gasteiger partial charge in [-0.05, 0) is 31.5 Å². The second-order valence-corrected chi connectivity index (χ2v) is 5.52. The second kappa shape index (κ2) is 9.90. The molecule has 1 atom stereocenters. The number of nitrogens with two attached hydrogens (primary N) is 1. The number of carbonyl (C=O) groups excluding carboxylic acids is 1. The van der Waals surface area contributed by atoms with E-state index in [1.807, 2.05) is 6.92 Å². The van der Waals surface area contributed by atoms with Crippen LogP contribution in [0.3, 0.4) is 0 Å². The smallest absolute Gasteiger partial charge is 0.244 e. The first-order valence-electron chi connectivity index (χ1n) is 6.92. The van der Waals surface area contributed by atoms with Crippen molar-refractivity contribution >= 4 is 35.6 Å². The Balaban J connectivity index is 0.00000441. The van der Waals surface area contributed by atoms with Gasteiger partial charge in [0.05, 0.1) is 17.2 Å². The molecule has 5 nitrogen and oxygen atoms in total. The van der Waals surface area contributed by atoms with Crippen LogP contribution in [0, 0.1) is 0 Å². The van der Waals surface area contributed by atoms with E-state index in [1.165, 1.54) is 0 Å². The van der Waals surface area contributed by atoms with Crippen molar-refractivity contribution in [2.24, 2.45) is 5.73 Å². The monoisotopic (exact) mass is 350 g/mol. The number of rotatable bonds is 8. The Morgan fingerprint density at radius 2 is 2.09 bits per heavy atom. The summed E-state index contributed by atoms with van der Waals surface area (Å²) in [4.78, 5) is 12.1. The molecule has 0 aromatic heterocycles. The largest absolute Gasteiger partial charge is 0.490 e. The molecule has 0 radical (unpaired) electrons. The summed E-state index contributed by atoms with van der Waals surface area (Å²) in [6.07, 6.45) is 1.46. The molecule has 1 aromatic rings. The number of carbonyl (C=O) groups is 1. The summed E-state index contributed by atoms with van der Waals surface area (Å²) in [5.74, 6) is 0.323. The fraction of sp³-hybridized carbons (Fsp3) is 0.533. The molecule has 0 aliphatic heterocycles. The molecule has 1 aromatic carbocycles. The number of anilines is 1. The molecule has 1 amide bonds. The number of nitrogens with one attached hydrogen (secondary N) is 1. The van der Waals surface area contributed by atoms with Crippen LogP contribution in [-0.2, 0) is 9.53 Å². The lowest BCUT2D eigenvalue weighted by Gasteiger charge is -2.23. The number of benzene rings is 1. The molecule has 0 spiro atoms. The van der Waals surface area contributed by atoms with Gasteiger partial charge in [-0.2, -0.15) is 0 Å². The number of hydrogen-bond donors (Lipinski definition) is 2. The molecule has 0 aliphatic rings. The van der Waals surface area contributed by atoms with E-state index >= 15 is 0 Å². The maximum atomic E-state index is 12.1. The summed E-state index contributed by atoms with van der Waals surface area (Å²) in [6.45, 7) is 4.60. The molecule has 126 valence electrons. The summed E-state index contributed by atoms with van der Waals surface area (Å²) in [5, 5.41) is 3.20. The first-order chi connectivity index (χ1) is 9.90. The Bertz CT molecular complexity index is 482. The van der Waals surface area contributed by atoms with Crippen molar-refractivity contribution in [3.05, 3.63) is 23.2 Å². The maximum absolute atomic E-state index is 12.1. The molecule has 0 saturated heterocycles. The lowest BCUT2D eigenvalue weighted by atomic mass is 9.96. The molecule has 1 rings (SSSR count). The first-order valence-corrected chi connectivity index (χ1v) is 7.30. The van der Waals surface area contributed by atoms with Crippen LogP contribution in [0.25, 0.3) is 0 Å². The fourth-order valence-corrected chi connectivity index (χ4v) is 2.07. The molecule has 22 heavy (non-hydrogen) atoms. The lowest BCUT2D eigenvalue weighted by molar-refractivity contribution is -0.120. The van der Waals surface area contributed by atoms with Crippen molar-refractivity contribution in [1.82, 2.24) is 0 Å². The van der Waals surface area contributed by atoms with Crippen LogP contribution in [0.5, 0.6) is 5.75 Å². The molecule has 7 heteroatoms. The Morgan fingerprint density at radius 3 is 2.64 bits per heavy atom. The Hall–Kier alpha value is -1.01. The molecule has 1 unspecified atom stereocenters. The van der Waals surface area contributed by atoms with Gasteiger partial charge in [0.25, 0.3) is 0 Å². The van der Waals surface area contributed by atoms with E-state index in [0.29, 0.717) is 36.1 Å². The van der Waals surface area contributed by atoms with E-state index in [0.717, 1.165) is 6.42 Å². The van der Waals surface area contributed by atoms with Crippen molar-refractivity contribution in [3.63, 3.8) is 0 Å². The Kier molecular flexibility index (Phi) is 9.44. The van der Waals surface area contributed by atoms with Crippen LogP contribution in [0.4, 0.5) is 5.69 Å². The minimum absolute atomic E-state index is 0. The maximum Gasteiger partial charge on any atom is 0.244 e. The third kappa shape index (κ3) is 6.40. The predicted octanol–water partition coefficient (Wildman–Crippen LogP) is 3.24. The van der Waals surface area contributed by atoms with Crippen LogP contribution in [0.15, 0.2) is 18.2 Å². The van der Waals surface area contributed by atoms with Gasteiger partial charge in [-0.25, -0.2) is 0 Å². The highest BCUT2D eigenvalue weighted by Crippen LogP contribution is 2.28. The van der Waals surface area contributed by atoms with Gasteiger partial charge in [-0.15, -0.1) is 12.4 Å². The molecule has 0 aliphatic carbocycles. The molecular formula is C15H24Cl2N2O3. The highest BCUT2D eigenvalue weighted by Gasteiger charge is 2.27. The van der Waals surface area contributed by atoms with Gasteiger partial charge in [0, 0.05) is 12.8 Å². The number of amides is 1. The lowest BCUT2D eigenvalue weighted by Crippen LogP contribution is -2.48. The van der Waals surface area contributed by atoms with E-state index in [-0.39, 0.29) is 18.3 Å². The molecule has 0 heterocycles. The molecule has 3 N–H and O–H groups in total. The summed E-state index contributed by atoms with van der Waals surface area (Å²) in [7, 11) is 1.60. The summed E-state index contributed by atoms with van der Waals surface area (Å²) in [6, 6.07) is 5.08. The van der Waals surface area contributed by atoms with E-state index in [1.54, 1.807) is 32.2 Å². The zero-order chi connectivity index (χ0) is 15.9. The van der Waals surface area contributed by atoms with E-state index < -0.39 is 5.54 Å². The third-order valence-electron chi connectivity index (χ3n) is 3.02. The van der Waals surface area contributed by atoms with Crippen LogP contribution in [-0.4, -0.2) is 31.8 Å². The number of methoxy groups -OCH3 is 1. The predicted molar refractivity (Wildman–Crippen MR) is 92.2 cm³/mol. The average molecular weight is 351 g/mol. The fourth-order valence-electron chi connectivity index (χ4n) is 1.84. The summed E-state index contributed by atoms with van der Waals surface area (Å²) in [5.41, 5.74) is 5.68. The summed E-state index contributed by atoms with van der Waals surface area (Å²) >= 11 is 6.12. The normalized spacial score (nSPS) is 13.0. The quantitative estimate of drug-likeness (QED) is 0.705. The van der Waals surface area contributed by atoms with Crippen molar-refractivity contribution in [1.29, 1.82) is 0 Å². The first kappa shape index (κ1) is 21.0. The topological polar surface area (TPSA) is 73.6 Å². The number of halogens is 2. The van der Waals surface area contributed by atoms with Crippen LogP contribution >= 0.6 is 24.0 Å². The molecule has 0 saturated carbocycles. The van der Waals surface area contributed by atoms with Gasteiger partial charge in [0.2, 0.25) is 5.91 Å². The Morgan fingerprint density at radius 1 is 1.41 bits per heavy atom. The third-order valence-corrected chi connectivity index (χ3v) is 3.32. The minimum atomic E-state index is -0.894. The van der Waals surface area contributed by atoms with Gasteiger partial charge in [0.15, 0.2) is 0 Å². The second-order valence-electron chi connectivity index (χ2n) is 5.11. The van der Waals surface area contributed by atoms with Gasteiger partial charge in [0.1, 0.15) is 12.4 Å². The molecule has 0 bridgehead atoms. The van der Waals surface area contributed by atoms with Crippen LogP contribution in [0.1, 0.15) is 26.7 Å². The van der Waals surface area contributed by atoms with Gasteiger partial charge in [-0.3, -0.25) is 4.79 Å². The van der Waals surface area contributed by atoms with Gasteiger partial charge < -0.3 is 20.5 Å². The van der Waals surface area contributed by atoms with Crippen molar-refractivity contribution in [2.45, 2.75) is 32.2 Å². The number of hydrogen-bond acceptors (Lipinski definition) is 4. The van der Waals surface area contributed by atoms with Crippen molar-refractivity contribution in [2.75, 3.05) is 25.6 Å². The standard InChI is InChI=1S/C15H23ClN2O3.ClH/c1-4-7-15(2,17)14(19)18-11-5-6-13(12(16)10-11)21-9-8-20-3;/h5-6,10H,4,7-9,17H2,1-3H3,(H,18,19);1H. The summed E-state index contributed by atoms with van der Waals surface area (Å²) < 4.78 is 10.3. The minimum Gasteiger partial charge on any atom is -0.490 e. The van der Waals surface area contributed by atoms with Crippen LogP contribution < -0.4 is 15.8 Å². The zero-order valence-corrected chi connectivity index (χ0v) is 14.7. The number of ether oxygens (including phenoxy) is 2. The van der Waals surface area contributed by atoms with Gasteiger partial charge in [-0.1, -0.05) is 24.9 Å². The highest BCUT2D eigenvalue weighted by molar-refractivity contribution is 6.32. The average Bonchev–Trinajstić information content (AvgIpc) is 2.41. The van der Waals surface area contributed by atoms with E-state index in [2.05, 4.69) is 5.32 Å². The highest BCUT2D eigenvalue weighted by atomic mass is 35.5. The zero-order valence-electron chi connectivity index (χ0n) is 13.1. The van der Waals surface area contributed by atoms with E-state index in [4.69, 9.17) is 26.8 Å². The van der Waals surface area contributed by atoms with E-state index in [9.17, 15) is 4.79 Å². The van der Waals surface area contributed by atoms with Crippen molar-refractivity contribution < 1.29 is 14.3 Å². The van der Waals surface area contributed by atoms with Crippen LogP contribution in [0.2, 0.25) is 5.02 Å². The van der Waals surface area contributed by atoms with Gasteiger partial charge >= 0.3 is 0 Å². The SMILES string of the molecule is CCCC(C)(N)C(=O)Nc1ccc(OCCOC)c(Cl)c1.Cl. The molecular weight excluding hydrogens is 327 g/mol. The molecule has 0 fully saturated rings. The van der Waals surface area contributed by atoms with Crippen molar-refractivity contribution in [3.8, 4) is 5.75 Å². The Labute approximate surface area is 142 Å².